The monoisotopic (exact) mass is 286 g/mol. The molecular formula is C17H22N2O2. The minimum Gasteiger partial charge on any atom is -0.378 e. The first-order chi connectivity index (χ1) is 10.2. The topological polar surface area (TPSA) is 55.6 Å². The summed E-state index contributed by atoms with van der Waals surface area (Å²) in [6.07, 6.45) is 2.62. The lowest BCUT2D eigenvalue weighted by Gasteiger charge is -2.19. The van der Waals surface area contributed by atoms with Crippen LogP contribution in [0.3, 0.4) is 0 Å². The molecule has 21 heavy (non-hydrogen) atoms. The van der Waals surface area contributed by atoms with Gasteiger partial charge in [0.1, 0.15) is 0 Å². The summed E-state index contributed by atoms with van der Waals surface area (Å²) < 4.78 is 5.51. The van der Waals surface area contributed by atoms with Crippen LogP contribution in [-0.4, -0.2) is 37.1 Å². The van der Waals surface area contributed by atoms with Crippen molar-refractivity contribution in [2.45, 2.75) is 31.9 Å². The second kappa shape index (κ2) is 7.82. The Labute approximate surface area is 126 Å². The molecule has 0 saturated carbocycles. The van der Waals surface area contributed by atoms with Gasteiger partial charge in [-0.05, 0) is 30.5 Å². The van der Waals surface area contributed by atoms with E-state index in [9.17, 15) is 4.79 Å². The molecule has 1 fully saturated rings. The van der Waals surface area contributed by atoms with Crippen molar-refractivity contribution in [3.8, 4) is 11.8 Å². The fourth-order valence-electron chi connectivity index (χ4n) is 2.42. The lowest BCUT2D eigenvalue weighted by atomic mass is 10.1. The van der Waals surface area contributed by atoms with Gasteiger partial charge in [-0.2, -0.15) is 0 Å². The molecule has 0 spiro atoms. The molecule has 4 nitrogen and oxygen atoms in total. The summed E-state index contributed by atoms with van der Waals surface area (Å²) in [5, 5.41) is 0. The average Bonchev–Trinajstić information content (AvgIpc) is 2.98. The van der Waals surface area contributed by atoms with Crippen molar-refractivity contribution in [1.29, 1.82) is 0 Å². The van der Waals surface area contributed by atoms with Gasteiger partial charge in [0.2, 0.25) is 5.91 Å². The van der Waals surface area contributed by atoms with Gasteiger partial charge in [-0.1, -0.05) is 24.0 Å². The van der Waals surface area contributed by atoms with Crippen molar-refractivity contribution in [3.05, 3.63) is 35.4 Å². The molecule has 1 atom stereocenters. The minimum atomic E-state index is 0.0988. The van der Waals surface area contributed by atoms with Crippen LogP contribution in [0.4, 0.5) is 0 Å². The van der Waals surface area contributed by atoms with Gasteiger partial charge in [-0.25, -0.2) is 0 Å². The van der Waals surface area contributed by atoms with Crippen LogP contribution in [0.15, 0.2) is 24.3 Å². The molecule has 4 heteroatoms. The summed E-state index contributed by atoms with van der Waals surface area (Å²) in [4.78, 5) is 13.9. The lowest BCUT2D eigenvalue weighted by molar-refractivity contribution is -0.132. The highest BCUT2D eigenvalue weighted by Gasteiger charge is 2.21. The van der Waals surface area contributed by atoms with Gasteiger partial charge in [0, 0.05) is 25.8 Å². The number of amides is 1. The van der Waals surface area contributed by atoms with E-state index in [2.05, 4.69) is 11.8 Å². The SMILES string of the molecule is CN(Cc1cccc(C#CCN)c1)C(=O)CC1CCCO1. The van der Waals surface area contributed by atoms with Gasteiger partial charge < -0.3 is 15.4 Å². The first-order valence-corrected chi connectivity index (χ1v) is 7.32. The van der Waals surface area contributed by atoms with Gasteiger partial charge in [0.25, 0.3) is 0 Å². The molecule has 2 N–H and O–H groups in total. The normalized spacial score (nSPS) is 17.1. The fourth-order valence-corrected chi connectivity index (χ4v) is 2.42. The molecule has 2 rings (SSSR count). The van der Waals surface area contributed by atoms with Crippen molar-refractivity contribution < 1.29 is 9.53 Å². The molecule has 1 heterocycles. The predicted molar refractivity (Wildman–Crippen MR) is 82.4 cm³/mol. The highest BCUT2D eigenvalue weighted by molar-refractivity contribution is 5.76. The minimum absolute atomic E-state index is 0.0988. The maximum Gasteiger partial charge on any atom is 0.225 e. The van der Waals surface area contributed by atoms with Gasteiger partial charge in [-0.15, -0.1) is 0 Å². The van der Waals surface area contributed by atoms with Crippen LogP contribution in [0.1, 0.15) is 30.4 Å². The maximum absolute atomic E-state index is 12.2. The van der Waals surface area contributed by atoms with E-state index in [4.69, 9.17) is 10.5 Å². The third-order valence-electron chi connectivity index (χ3n) is 3.53. The largest absolute Gasteiger partial charge is 0.378 e. The number of ether oxygens (including phenoxy) is 1. The number of carbonyl (C=O) groups is 1. The maximum atomic E-state index is 12.2. The van der Waals surface area contributed by atoms with Crippen LogP contribution < -0.4 is 5.73 Å². The van der Waals surface area contributed by atoms with E-state index in [1.54, 1.807) is 4.90 Å². The number of rotatable bonds is 4. The Morgan fingerprint density at radius 2 is 2.38 bits per heavy atom. The summed E-state index contributed by atoms with van der Waals surface area (Å²) >= 11 is 0. The van der Waals surface area contributed by atoms with Crippen LogP contribution in [0.2, 0.25) is 0 Å². The second-order valence-electron chi connectivity index (χ2n) is 5.30. The van der Waals surface area contributed by atoms with Crippen LogP contribution >= 0.6 is 0 Å². The molecule has 1 aromatic rings. The first kappa shape index (κ1) is 15.6. The number of carbonyl (C=O) groups excluding carboxylic acids is 1. The Balaban J connectivity index is 1.91. The Morgan fingerprint density at radius 1 is 1.52 bits per heavy atom. The molecule has 1 aliphatic rings. The molecular weight excluding hydrogens is 264 g/mol. The Bertz CT molecular complexity index is 539. The zero-order valence-electron chi connectivity index (χ0n) is 12.5. The molecule has 0 bridgehead atoms. The summed E-state index contributed by atoms with van der Waals surface area (Å²) in [6, 6.07) is 7.90. The van der Waals surface area contributed by atoms with E-state index in [1.807, 2.05) is 31.3 Å². The van der Waals surface area contributed by atoms with Crippen LogP contribution in [0, 0.1) is 11.8 Å². The molecule has 1 amide bonds. The van der Waals surface area contributed by atoms with E-state index >= 15 is 0 Å². The second-order valence-corrected chi connectivity index (χ2v) is 5.30. The summed E-state index contributed by atoms with van der Waals surface area (Å²) in [6.45, 7) is 1.72. The van der Waals surface area contributed by atoms with Crippen molar-refractivity contribution in [1.82, 2.24) is 4.90 Å². The van der Waals surface area contributed by atoms with Crippen molar-refractivity contribution in [3.63, 3.8) is 0 Å². The molecule has 1 aromatic carbocycles. The highest BCUT2D eigenvalue weighted by Crippen LogP contribution is 2.17. The Hall–Kier alpha value is -1.83. The van der Waals surface area contributed by atoms with Crippen LogP contribution in [0.25, 0.3) is 0 Å². The smallest absolute Gasteiger partial charge is 0.225 e. The molecule has 1 saturated heterocycles. The lowest BCUT2D eigenvalue weighted by Crippen LogP contribution is -2.29. The number of hydrogen-bond donors (Lipinski definition) is 1. The van der Waals surface area contributed by atoms with Crippen molar-refractivity contribution >= 4 is 5.91 Å². The number of nitrogens with two attached hydrogens (primary N) is 1. The van der Waals surface area contributed by atoms with E-state index in [-0.39, 0.29) is 12.0 Å². The van der Waals surface area contributed by atoms with Crippen molar-refractivity contribution in [2.75, 3.05) is 20.2 Å². The van der Waals surface area contributed by atoms with Gasteiger partial charge in [0.15, 0.2) is 0 Å². The van der Waals surface area contributed by atoms with Gasteiger partial charge >= 0.3 is 0 Å². The zero-order chi connectivity index (χ0) is 15.1. The average molecular weight is 286 g/mol. The molecule has 0 aliphatic carbocycles. The zero-order valence-corrected chi connectivity index (χ0v) is 12.5. The fraction of sp³-hybridized carbons (Fsp3) is 0.471. The Kier molecular flexibility index (Phi) is 5.79. The van der Waals surface area contributed by atoms with Crippen molar-refractivity contribution in [2.24, 2.45) is 5.73 Å². The first-order valence-electron chi connectivity index (χ1n) is 7.32. The number of benzene rings is 1. The standard InChI is InChI=1S/C17H22N2O2/c1-19(17(20)12-16-8-4-10-21-16)13-15-6-2-5-14(11-15)7-3-9-18/h2,5-6,11,16H,4,8-10,12-13,18H2,1H3. The van der Waals surface area contributed by atoms with Crippen LogP contribution in [-0.2, 0) is 16.1 Å². The van der Waals surface area contributed by atoms with Gasteiger partial charge in [0.05, 0.1) is 19.1 Å². The third-order valence-corrected chi connectivity index (χ3v) is 3.53. The number of nitrogens with zero attached hydrogens (tertiary/aromatic N) is 1. The summed E-state index contributed by atoms with van der Waals surface area (Å²) in [5.74, 6) is 5.97. The molecule has 0 radical (unpaired) electrons. The number of hydrogen-bond acceptors (Lipinski definition) is 3. The van der Waals surface area contributed by atoms with Gasteiger partial charge in [-0.3, -0.25) is 4.79 Å². The quantitative estimate of drug-likeness (QED) is 0.854. The molecule has 0 aromatic heterocycles. The molecule has 1 unspecified atom stereocenters. The van der Waals surface area contributed by atoms with E-state index < -0.39 is 0 Å². The predicted octanol–water partition coefficient (Wildman–Crippen LogP) is 1.52. The molecule has 112 valence electrons. The third kappa shape index (κ3) is 4.89. The Morgan fingerprint density at radius 3 is 3.10 bits per heavy atom. The van der Waals surface area contributed by atoms with E-state index in [1.165, 1.54) is 0 Å². The van der Waals surface area contributed by atoms with E-state index in [0.717, 1.165) is 30.6 Å². The van der Waals surface area contributed by atoms with Crippen LogP contribution in [0.5, 0.6) is 0 Å². The van der Waals surface area contributed by atoms with E-state index in [0.29, 0.717) is 19.5 Å². The summed E-state index contributed by atoms with van der Waals surface area (Å²) in [5.41, 5.74) is 7.37. The summed E-state index contributed by atoms with van der Waals surface area (Å²) in [7, 11) is 1.83. The highest BCUT2D eigenvalue weighted by atomic mass is 16.5. The molecule has 1 aliphatic heterocycles.